The second-order valence-corrected chi connectivity index (χ2v) is 6.08. The molecule has 2 aromatic rings. The van der Waals surface area contributed by atoms with E-state index in [-0.39, 0.29) is 12.5 Å². The molecule has 23 heavy (non-hydrogen) atoms. The number of aliphatic hydroxyl groups is 1. The van der Waals surface area contributed by atoms with Crippen molar-refractivity contribution < 1.29 is 19.4 Å². The van der Waals surface area contributed by atoms with E-state index in [9.17, 15) is 9.90 Å². The zero-order valence-corrected chi connectivity index (χ0v) is 13.3. The molecule has 1 aliphatic rings. The van der Waals surface area contributed by atoms with Crippen LogP contribution in [-0.2, 0) is 4.79 Å². The Labute approximate surface area is 142 Å². The molecule has 0 spiro atoms. The number of ether oxygens (including phenoxy) is 2. The average molecular weight is 354 g/mol. The highest BCUT2D eigenvalue weighted by Crippen LogP contribution is 2.42. The predicted octanol–water partition coefficient (Wildman–Crippen LogP) is 3.65. The molecule has 0 saturated heterocycles. The Bertz CT molecular complexity index is 722. The zero-order chi connectivity index (χ0) is 16.4. The SMILES string of the molecule is O=C1COc2c(cc(Oc3ccccc3)cc2[C@@H](O)C(Cl)Cl)N1. The normalized spacial score (nSPS) is 14.7. The van der Waals surface area contributed by atoms with Gasteiger partial charge in [0.05, 0.1) is 5.69 Å². The van der Waals surface area contributed by atoms with Crippen molar-refractivity contribution in [1.29, 1.82) is 0 Å². The van der Waals surface area contributed by atoms with Crippen LogP contribution >= 0.6 is 23.2 Å². The second-order valence-electron chi connectivity index (χ2n) is 4.92. The number of hydrogen-bond donors (Lipinski definition) is 2. The largest absolute Gasteiger partial charge is 0.481 e. The standard InChI is InChI=1S/C16H13Cl2NO4/c17-16(18)14(21)11-6-10(23-9-4-2-1-3-5-9)7-12-15(11)22-8-13(20)19-12/h1-7,14,16,21H,8H2,(H,19,20)/t14-/m1/s1. The highest BCUT2D eigenvalue weighted by Gasteiger charge is 2.27. The van der Waals surface area contributed by atoms with Crippen LogP contribution in [-0.4, -0.2) is 22.5 Å². The predicted molar refractivity (Wildman–Crippen MR) is 87.5 cm³/mol. The molecule has 1 atom stereocenters. The first-order chi connectivity index (χ1) is 11.0. The Morgan fingerprint density at radius 3 is 2.61 bits per heavy atom. The van der Waals surface area contributed by atoms with Crippen LogP contribution in [0, 0.1) is 0 Å². The minimum atomic E-state index is -1.18. The van der Waals surface area contributed by atoms with Crippen LogP contribution in [0.2, 0.25) is 0 Å². The van der Waals surface area contributed by atoms with E-state index in [1.54, 1.807) is 24.3 Å². The van der Waals surface area contributed by atoms with Crippen molar-refractivity contribution in [3.63, 3.8) is 0 Å². The molecule has 0 saturated carbocycles. The molecule has 120 valence electrons. The molecule has 1 aliphatic heterocycles. The zero-order valence-electron chi connectivity index (χ0n) is 11.8. The number of alkyl halides is 2. The van der Waals surface area contributed by atoms with Gasteiger partial charge in [0, 0.05) is 11.6 Å². The first-order valence-electron chi connectivity index (χ1n) is 6.84. The molecule has 0 aliphatic carbocycles. The number of hydrogen-bond acceptors (Lipinski definition) is 4. The van der Waals surface area contributed by atoms with E-state index in [1.165, 1.54) is 0 Å². The molecule has 5 nitrogen and oxygen atoms in total. The Kier molecular flexibility index (Phi) is 4.61. The minimum absolute atomic E-state index is 0.138. The lowest BCUT2D eigenvalue weighted by molar-refractivity contribution is -0.118. The van der Waals surface area contributed by atoms with Gasteiger partial charge in [0.15, 0.2) is 6.61 Å². The Hall–Kier alpha value is -1.95. The van der Waals surface area contributed by atoms with E-state index in [0.29, 0.717) is 28.5 Å². The molecule has 7 heteroatoms. The fraction of sp³-hybridized carbons (Fsp3) is 0.188. The first kappa shape index (κ1) is 15.9. The molecule has 3 rings (SSSR count). The first-order valence-corrected chi connectivity index (χ1v) is 7.71. The topological polar surface area (TPSA) is 67.8 Å². The number of carbonyl (C=O) groups is 1. The lowest BCUT2D eigenvalue weighted by atomic mass is 10.1. The van der Waals surface area contributed by atoms with Crippen molar-refractivity contribution >= 4 is 34.8 Å². The summed E-state index contributed by atoms with van der Waals surface area (Å²) in [4.78, 5) is 10.5. The molecule has 0 fully saturated rings. The molecule has 0 radical (unpaired) electrons. The summed E-state index contributed by atoms with van der Waals surface area (Å²) in [5.41, 5.74) is 0.751. The number of halogens is 2. The summed E-state index contributed by atoms with van der Waals surface area (Å²) in [6.45, 7) is -0.138. The van der Waals surface area contributed by atoms with Gasteiger partial charge in [-0.2, -0.15) is 0 Å². The molecule has 0 bridgehead atoms. The van der Waals surface area contributed by atoms with Crippen LogP contribution in [0.1, 0.15) is 11.7 Å². The number of amides is 1. The van der Waals surface area contributed by atoms with E-state index < -0.39 is 10.9 Å². The van der Waals surface area contributed by atoms with E-state index in [2.05, 4.69) is 5.32 Å². The summed E-state index contributed by atoms with van der Waals surface area (Å²) in [6, 6.07) is 12.3. The number of nitrogens with one attached hydrogen (secondary N) is 1. The van der Waals surface area contributed by atoms with Crippen molar-refractivity contribution in [1.82, 2.24) is 0 Å². The van der Waals surface area contributed by atoms with Gasteiger partial charge in [-0.3, -0.25) is 4.79 Å². The van der Waals surface area contributed by atoms with Crippen LogP contribution in [0.25, 0.3) is 0 Å². The molecule has 1 amide bonds. The van der Waals surface area contributed by atoms with E-state index >= 15 is 0 Å². The minimum Gasteiger partial charge on any atom is -0.481 e. The molecule has 0 aromatic heterocycles. The van der Waals surface area contributed by atoms with Gasteiger partial charge in [0.2, 0.25) is 0 Å². The van der Waals surface area contributed by atoms with Gasteiger partial charge in [-0.25, -0.2) is 0 Å². The quantitative estimate of drug-likeness (QED) is 0.823. The van der Waals surface area contributed by atoms with Gasteiger partial charge in [0.25, 0.3) is 5.91 Å². The second kappa shape index (κ2) is 6.66. The molecule has 0 unspecified atom stereocenters. The molecule has 1 heterocycles. The van der Waals surface area contributed by atoms with Gasteiger partial charge >= 0.3 is 0 Å². The third kappa shape index (κ3) is 3.52. The van der Waals surface area contributed by atoms with Crippen LogP contribution in [0.15, 0.2) is 42.5 Å². The smallest absolute Gasteiger partial charge is 0.262 e. The van der Waals surface area contributed by atoms with Gasteiger partial charge < -0.3 is 19.9 Å². The lowest BCUT2D eigenvalue weighted by Crippen LogP contribution is -2.26. The van der Waals surface area contributed by atoms with Crippen molar-refractivity contribution in [2.24, 2.45) is 0 Å². The van der Waals surface area contributed by atoms with Gasteiger partial charge in [-0.05, 0) is 18.2 Å². The number of para-hydroxylation sites is 1. The third-order valence-electron chi connectivity index (χ3n) is 3.25. The maximum atomic E-state index is 11.5. The van der Waals surface area contributed by atoms with Crippen LogP contribution < -0.4 is 14.8 Å². The monoisotopic (exact) mass is 353 g/mol. The summed E-state index contributed by atoms with van der Waals surface area (Å²) >= 11 is 11.6. The maximum absolute atomic E-state index is 11.5. The van der Waals surface area contributed by atoms with Gasteiger partial charge in [0.1, 0.15) is 28.2 Å². The van der Waals surface area contributed by atoms with Crippen molar-refractivity contribution in [2.75, 3.05) is 11.9 Å². The lowest BCUT2D eigenvalue weighted by Gasteiger charge is -2.24. The number of fused-ring (bicyclic) bond motifs is 1. The molecular formula is C16H13Cl2NO4. The van der Waals surface area contributed by atoms with E-state index in [0.717, 1.165) is 0 Å². The van der Waals surface area contributed by atoms with Gasteiger partial charge in [-0.1, -0.05) is 18.2 Å². The average Bonchev–Trinajstić information content (AvgIpc) is 2.54. The Morgan fingerprint density at radius 1 is 1.17 bits per heavy atom. The fourth-order valence-corrected chi connectivity index (χ4v) is 2.51. The highest BCUT2D eigenvalue weighted by atomic mass is 35.5. The summed E-state index contributed by atoms with van der Waals surface area (Å²) in [7, 11) is 0. The summed E-state index contributed by atoms with van der Waals surface area (Å²) in [5.74, 6) is 1.08. The van der Waals surface area contributed by atoms with Crippen LogP contribution in [0.3, 0.4) is 0 Å². The number of rotatable bonds is 4. The van der Waals surface area contributed by atoms with Crippen molar-refractivity contribution in [3.05, 3.63) is 48.0 Å². The summed E-state index contributed by atoms with van der Waals surface area (Å²) in [5, 5.41) is 12.9. The number of carbonyl (C=O) groups excluding carboxylic acids is 1. The third-order valence-corrected chi connectivity index (χ3v) is 3.73. The van der Waals surface area contributed by atoms with E-state index in [4.69, 9.17) is 32.7 Å². The summed E-state index contributed by atoms with van der Waals surface area (Å²) < 4.78 is 11.1. The van der Waals surface area contributed by atoms with Crippen LogP contribution in [0.4, 0.5) is 5.69 Å². The van der Waals surface area contributed by atoms with Gasteiger partial charge in [-0.15, -0.1) is 23.2 Å². The number of aliphatic hydroxyl groups excluding tert-OH is 1. The molecule has 2 aromatic carbocycles. The summed E-state index contributed by atoms with van der Waals surface area (Å²) in [6.07, 6.45) is -1.18. The number of benzene rings is 2. The highest BCUT2D eigenvalue weighted by molar-refractivity contribution is 6.44. The Balaban J connectivity index is 2.02. The van der Waals surface area contributed by atoms with Crippen LogP contribution in [0.5, 0.6) is 17.2 Å². The maximum Gasteiger partial charge on any atom is 0.262 e. The number of anilines is 1. The fourth-order valence-electron chi connectivity index (χ4n) is 2.24. The van der Waals surface area contributed by atoms with Crippen molar-refractivity contribution in [2.45, 2.75) is 10.9 Å². The molecule has 2 N–H and O–H groups in total. The van der Waals surface area contributed by atoms with Crippen molar-refractivity contribution in [3.8, 4) is 17.2 Å². The Morgan fingerprint density at radius 2 is 1.91 bits per heavy atom. The molecular weight excluding hydrogens is 341 g/mol. The van der Waals surface area contributed by atoms with E-state index in [1.807, 2.05) is 18.2 Å².